The molecule has 6 heteroatoms. The number of hydrogen-bond donors (Lipinski definition) is 1. The van der Waals surface area contributed by atoms with E-state index in [2.05, 4.69) is 22.3 Å². The summed E-state index contributed by atoms with van der Waals surface area (Å²) < 4.78 is 19.8. The summed E-state index contributed by atoms with van der Waals surface area (Å²) in [6, 6.07) is 22.4. The van der Waals surface area contributed by atoms with E-state index >= 15 is 0 Å². The van der Waals surface area contributed by atoms with Crippen LogP contribution in [-0.2, 0) is 4.79 Å². The van der Waals surface area contributed by atoms with Crippen molar-refractivity contribution in [2.45, 2.75) is 64.4 Å². The third kappa shape index (κ3) is 9.08. The molecule has 3 aromatic carbocycles. The van der Waals surface area contributed by atoms with Crippen LogP contribution in [0.2, 0.25) is 5.02 Å². The van der Waals surface area contributed by atoms with Crippen molar-refractivity contribution in [2.24, 2.45) is 5.92 Å². The van der Waals surface area contributed by atoms with Gasteiger partial charge >= 0.3 is 0 Å². The van der Waals surface area contributed by atoms with E-state index in [0.717, 1.165) is 75.2 Å². The molecule has 4 rings (SSSR count). The molecule has 1 aliphatic heterocycles. The minimum absolute atomic E-state index is 0.0262. The summed E-state index contributed by atoms with van der Waals surface area (Å²) >= 11 is 6.02. The van der Waals surface area contributed by atoms with E-state index in [1.165, 1.54) is 17.7 Å². The number of piperidine rings is 1. The van der Waals surface area contributed by atoms with Crippen molar-refractivity contribution in [3.8, 4) is 5.75 Å². The summed E-state index contributed by atoms with van der Waals surface area (Å²) in [5, 5.41) is 3.70. The molecule has 1 N–H and O–H groups in total. The fourth-order valence-electron chi connectivity index (χ4n) is 5.14. The van der Waals surface area contributed by atoms with Crippen LogP contribution in [0.4, 0.5) is 10.1 Å². The smallest absolute Gasteiger partial charge is 0.226 e. The maximum atomic E-state index is 13.5. The molecule has 0 bridgehead atoms. The second kappa shape index (κ2) is 14.5. The van der Waals surface area contributed by atoms with Gasteiger partial charge in [-0.15, -0.1) is 0 Å². The van der Waals surface area contributed by atoms with Crippen LogP contribution in [0.1, 0.15) is 75.5 Å². The fraction of sp³-hybridized carbons (Fsp3) is 0.424. The molecule has 3 aromatic rings. The van der Waals surface area contributed by atoms with Crippen molar-refractivity contribution in [3.05, 3.63) is 94.8 Å². The second-order valence-electron chi connectivity index (χ2n) is 10.8. The Morgan fingerprint density at radius 1 is 1.00 bits per heavy atom. The Morgan fingerprint density at radius 3 is 2.41 bits per heavy atom. The number of ether oxygens (including phenoxy) is 1. The van der Waals surface area contributed by atoms with E-state index in [4.69, 9.17) is 16.3 Å². The molecule has 4 nitrogen and oxygen atoms in total. The molecule has 0 aromatic heterocycles. The SMILES string of the molecule is CC(C)C(=O)Nc1cccc(C2CCN(CCCCCC(Oc3ccc(Cl)cc3)c3ccc(F)cc3)CC2)c1. The number of amides is 1. The predicted octanol–water partition coefficient (Wildman–Crippen LogP) is 8.63. The van der Waals surface area contributed by atoms with E-state index in [1.54, 1.807) is 0 Å². The first-order valence-electron chi connectivity index (χ1n) is 14.2. The van der Waals surface area contributed by atoms with Crippen LogP contribution < -0.4 is 10.1 Å². The summed E-state index contributed by atoms with van der Waals surface area (Å²) in [5.41, 5.74) is 3.21. The first-order chi connectivity index (χ1) is 18.9. The first-order valence-corrected chi connectivity index (χ1v) is 14.6. The summed E-state index contributed by atoms with van der Waals surface area (Å²) in [6.07, 6.45) is 6.36. The lowest BCUT2D eigenvalue weighted by molar-refractivity contribution is -0.118. The van der Waals surface area contributed by atoms with Gasteiger partial charge < -0.3 is 15.0 Å². The molecule has 1 fully saturated rings. The third-order valence-corrected chi connectivity index (χ3v) is 7.76. The minimum atomic E-state index is -0.238. The van der Waals surface area contributed by atoms with Crippen LogP contribution in [-0.4, -0.2) is 30.4 Å². The lowest BCUT2D eigenvalue weighted by atomic mass is 9.89. The van der Waals surface area contributed by atoms with E-state index in [0.29, 0.717) is 10.9 Å². The van der Waals surface area contributed by atoms with Crippen LogP contribution in [0.25, 0.3) is 0 Å². The summed E-state index contributed by atoms with van der Waals surface area (Å²) in [5.74, 6) is 1.10. The quantitative estimate of drug-likeness (QED) is 0.229. The molecule has 39 heavy (non-hydrogen) atoms. The number of benzene rings is 3. The van der Waals surface area contributed by atoms with Gasteiger partial charge in [0.15, 0.2) is 0 Å². The lowest BCUT2D eigenvalue weighted by Gasteiger charge is -2.32. The monoisotopic (exact) mass is 550 g/mol. The molecule has 0 aliphatic carbocycles. The van der Waals surface area contributed by atoms with Crippen LogP contribution in [0.5, 0.6) is 5.75 Å². The Morgan fingerprint density at radius 2 is 1.72 bits per heavy atom. The van der Waals surface area contributed by atoms with Crippen molar-refractivity contribution < 1.29 is 13.9 Å². The van der Waals surface area contributed by atoms with Gasteiger partial charge in [-0.3, -0.25) is 4.79 Å². The zero-order chi connectivity index (χ0) is 27.6. The van der Waals surface area contributed by atoms with Crippen LogP contribution in [0.3, 0.4) is 0 Å². The van der Waals surface area contributed by atoms with E-state index in [9.17, 15) is 9.18 Å². The molecule has 208 valence electrons. The largest absolute Gasteiger partial charge is 0.486 e. The summed E-state index contributed by atoms with van der Waals surface area (Å²) in [4.78, 5) is 14.6. The highest BCUT2D eigenvalue weighted by atomic mass is 35.5. The molecule has 1 amide bonds. The van der Waals surface area contributed by atoms with Gasteiger partial charge in [-0.25, -0.2) is 4.39 Å². The number of halogens is 2. The van der Waals surface area contributed by atoms with Crippen molar-refractivity contribution >= 4 is 23.2 Å². The first kappa shape index (κ1) is 29.1. The van der Waals surface area contributed by atoms with Gasteiger partial charge in [0.05, 0.1) is 0 Å². The third-order valence-electron chi connectivity index (χ3n) is 7.51. The maximum absolute atomic E-state index is 13.5. The summed E-state index contributed by atoms with van der Waals surface area (Å²) in [6.45, 7) is 7.13. The average Bonchev–Trinajstić information content (AvgIpc) is 2.94. The van der Waals surface area contributed by atoms with E-state index < -0.39 is 0 Å². The Hall–Kier alpha value is -2.89. The number of nitrogens with zero attached hydrogens (tertiary/aromatic N) is 1. The highest BCUT2D eigenvalue weighted by molar-refractivity contribution is 6.30. The summed E-state index contributed by atoms with van der Waals surface area (Å²) in [7, 11) is 0. The molecular weight excluding hydrogens is 511 g/mol. The van der Waals surface area contributed by atoms with Crippen molar-refractivity contribution in [2.75, 3.05) is 25.0 Å². The van der Waals surface area contributed by atoms with E-state index in [1.807, 2.05) is 62.4 Å². The highest BCUT2D eigenvalue weighted by Gasteiger charge is 2.21. The average molecular weight is 551 g/mol. The van der Waals surface area contributed by atoms with Gasteiger partial charge in [-0.05, 0) is 117 Å². The van der Waals surface area contributed by atoms with Crippen LogP contribution >= 0.6 is 11.6 Å². The van der Waals surface area contributed by atoms with Gasteiger partial charge in [-0.1, -0.05) is 56.1 Å². The Kier molecular flexibility index (Phi) is 10.8. The Balaban J connectivity index is 1.20. The zero-order valence-corrected chi connectivity index (χ0v) is 23.8. The van der Waals surface area contributed by atoms with Gasteiger partial charge in [0.25, 0.3) is 0 Å². The number of unbranched alkanes of at least 4 members (excludes halogenated alkanes) is 2. The van der Waals surface area contributed by atoms with Gasteiger partial charge in [-0.2, -0.15) is 0 Å². The number of nitrogens with one attached hydrogen (secondary N) is 1. The maximum Gasteiger partial charge on any atom is 0.226 e. The number of carbonyl (C=O) groups excluding carboxylic acids is 1. The fourth-order valence-corrected chi connectivity index (χ4v) is 5.26. The van der Waals surface area contributed by atoms with Crippen molar-refractivity contribution in [1.29, 1.82) is 0 Å². The van der Waals surface area contributed by atoms with Crippen LogP contribution in [0.15, 0.2) is 72.8 Å². The van der Waals surface area contributed by atoms with Gasteiger partial charge in [0.1, 0.15) is 17.7 Å². The number of anilines is 1. The number of carbonyl (C=O) groups is 1. The molecule has 1 atom stereocenters. The van der Waals surface area contributed by atoms with Gasteiger partial charge in [0, 0.05) is 16.6 Å². The van der Waals surface area contributed by atoms with Crippen molar-refractivity contribution in [3.63, 3.8) is 0 Å². The molecule has 0 radical (unpaired) electrons. The zero-order valence-electron chi connectivity index (χ0n) is 23.0. The number of rotatable bonds is 12. The standard InChI is InChI=1S/C33H40ClFN2O2/c1-24(2)33(38)36-30-8-6-7-27(23-30)25-18-21-37(22-19-25)20-5-3-4-9-32(26-10-14-29(35)15-11-26)39-31-16-12-28(34)13-17-31/h6-8,10-17,23-25,32H,3-5,9,18-22H2,1-2H3,(H,36,38). The second-order valence-corrected chi connectivity index (χ2v) is 11.3. The molecule has 0 saturated carbocycles. The number of likely N-dealkylation sites (tertiary alicyclic amines) is 1. The molecule has 1 heterocycles. The Labute approximate surface area is 237 Å². The Bertz CT molecular complexity index is 1180. The minimum Gasteiger partial charge on any atom is -0.486 e. The van der Waals surface area contributed by atoms with Crippen molar-refractivity contribution in [1.82, 2.24) is 4.90 Å². The molecule has 0 spiro atoms. The van der Waals surface area contributed by atoms with E-state index in [-0.39, 0.29) is 23.7 Å². The highest BCUT2D eigenvalue weighted by Crippen LogP contribution is 2.31. The predicted molar refractivity (Wildman–Crippen MR) is 158 cm³/mol. The normalized spacial score (nSPS) is 15.3. The molecule has 1 saturated heterocycles. The van der Waals surface area contributed by atoms with Crippen LogP contribution in [0, 0.1) is 11.7 Å². The molecular formula is C33H40ClFN2O2. The number of hydrogen-bond acceptors (Lipinski definition) is 3. The lowest BCUT2D eigenvalue weighted by Crippen LogP contribution is -2.33. The van der Waals surface area contributed by atoms with Gasteiger partial charge in [0.2, 0.25) is 5.91 Å². The molecule has 1 unspecified atom stereocenters. The molecule has 1 aliphatic rings. The topological polar surface area (TPSA) is 41.6 Å².